The van der Waals surface area contributed by atoms with E-state index >= 15 is 0 Å². The van der Waals surface area contributed by atoms with Gasteiger partial charge in [0.15, 0.2) is 16.3 Å². The van der Waals surface area contributed by atoms with Crippen LogP contribution in [0.25, 0.3) is 11.8 Å². The number of fused-ring (bicyclic) bond motifs is 1. The van der Waals surface area contributed by atoms with Gasteiger partial charge in [0.1, 0.15) is 12.4 Å². The molecule has 10 nitrogen and oxygen atoms in total. The summed E-state index contributed by atoms with van der Waals surface area (Å²) in [5, 5.41) is 9.11. The molecule has 1 N–H and O–H groups in total. The Kier molecular flexibility index (Phi) is 9.72. The highest BCUT2D eigenvalue weighted by molar-refractivity contribution is 7.07. The zero-order valence-corrected chi connectivity index (χ0v) is 27.7. The summed E-state index contributed by atoms with van der Waals surface area (Å²) in [6.45, 7) is 2.14. The van der Waals surface area contributed by atoms with Crippen molar-refractivity contribution < 1.29 is 33.6 Å². The number of esters is 1. The Morgan fingerprint density at radius 3 is 2.29 bits per heavy atom. The van der Waals surface area contributed by atoms with Gasteiger partial charge in [0.25, 0.3) is 5.56 Å². The zero-order chi connectivity index (χ0) is 34.5. The van der Waals surface area contributed by atoms with Gasteiger partial charge in [-0.1, -0.05) is 72.0 Å². The van der Waals surface area contributed by atoms with E-state index in [-0.39, 0.29) is 29.9 Å². The highest BCUT2D eigenvalue weighted by Gasteiger charge is 2.35. The lowest BCUT2D eigenvalue weighted by Crippen LogP contribution is -2.40. The number of aromatic nitrogens is 1. The van der Waals surface area contributed by atoms with E-state index in [0.29, 0.717) is 43.4 Å². The molecule has 0 spiro atoms. The largest absolute Gasteiger partial charge is 0.493 e. The number of aromatic carboxylic acids is 1. The summed E-state index contributed by atoms with van der Waals surface area (Å²) in [5.41, 5.74) is 3.47. The van der Waals surface area contributed by atoms with Crippen molar-refractivity contribution >= 4 is 35.0 Å². The highest BCUT2D eigenvalue weighted by atomic mass is 32.1. The first-order valence-electron chi connectivity index (χ1n) is 15.4. The van der Waals surface area contributed by atoms with Crippen LogP contribution in [0.15, 0.2) is 112 Å². The number of hydrogen-bond acceptors (Lipinski definition) is 9. The maximum Gasteiger partial charge on any atom is 0.338 e. The molecule has 11 heteroatoms. The number of nitrogens with zero attached hydrogens (tertiary/aromatic N) is 2. The van der Waals surface area contributed by atoms with E-state index < -0.39 is 18.0 Å². The minimum Gasteiger partial charge on any atom is -0.493 e. The van der Waals surface area contributed by atoms with Crippen molar-refractivity contribution in [2.24, 2.45) is 4.99 Å². The van der Waals surface area contributed by atoms with Gasteiger partial charge in [0, 0.05) is 5.56 Å². The first kappa shape index (κ1) is 33.0. The zero-order valence-electron chi connectivity index (χ0n) is 26.9. The van der Waals surface area contributed by atoms with Crippen LogP contribution in [0.2, 0.25) is 0 Å². The molecule has 4 aromatic carbocycles. The fraction of sp³-hybridized carbons (Fsp3) is 0.158. The van der Waals surface area contributed by atoms with Gasteiger partial charge in [-0.2, -0.15) is 0 Å². The maximum atomic E-state index is 14.2. The highest BCUT2D eigenvalue weighted by Crippen LogP contribution is 2.38. The molecule has 1 aliphatic rings. The Balaban J connectivity index is 1.42. The number of carboxylic acids is 1. The molecule has 1 aliphatic heterocycles. The molecule has 0 saturated heterocycles. The Morgan fingerprint density at radius 1 is 0.918 bits per heavy atom. The molecule has 0 saturated carbocycles. The fourth-order valence-corrected chi connectivity index (χ4v) is 6.50. The van der Waals surface area contributed by atoms with Gasteiger partial charge >= 0.3 is 11.9 Å². The van der Waals surface area contributed by atoms with Crippen molar-refractivity contribution in [2.75, 3.05) is 20.8 Å². The number of carbonyl (C=O) groups excluding carboxylic acids is 1. The Hall–Kier alpha value is -5.94. The van der Waals surface area contributed by atoms with Crippen LogP contribution in [0.5, 0.6) is 17.2 Å². The first-order valence-corrected chi connectivity index (χ1v) is 16.2. The third-order valence-corrected chi connectivity index (χ3v) is 8.86. The standard InChI is InChI=1S/C38H32N2O8S/c1-4-47-37(44)32-33(25-8-6-5-7-9-25)39-38-40(34(32)27-16-19-29(45-2)30(21-27)46-3)35(41)31(49-38)20-23-12-17-28(18-13-23)48-22-24-10-14-26(15-11-24)36(42)43/h5-21,34H,4,22H2,1-3H3,(H,42,43)/b31-20+/t34-/m0/s1. The molecule has 0 aliphatic carbocycles. The number of hydrogen-bond donors (Lipinski definition) is 1. The number of methoxy groups -OCH3 is 2. The van der Waals surface area contributed by atoms with Gasteiger partial charge in [0.05, 0.1) is 48.2 Å². The van der Waals surface area contributed by atoms with E-state index in [1.54, 1.807) is 55.5 Å². The van der Waals surface area contributed by atoms with Crippen molar-refractivity contribution in [1.29, 1.82) is 0 Å². The molecule has 0 fully saturated rings. The van der Waals surface area contributed by atoms with Crippen LogP contribution < -0.4 is 29.1 Å². The van der Waals surface area contributed by atoms with Crippen molar-refractivity contribution in [3.8, 4) is 17.2 Å². The van der Waals surface area contributed by atoms with E-state index in [9.17, 15) is 14.4 Å². The second kappa shape index (κ2) is 14.4. The molecular weight excluding hydrogens is 644 g/mol. The van der Waals surface area contributed by atoms with Crippen molar-refractivity contribution in [1.82, 2.24) is 4.57 Å². The lowest BCUT2D eigenvalue weighted by atomic mass is 9.93. The number of carbonyl (C=O) groups is 2. The molecule has 0 unspecified atom stereocenters. The molecule has 1 atom stereocenters. The van der Waals surface area contributed by atoms with Gasteiger partial charge in [0.2, 0.25) is 0 Å². The third kappa shape index (κ3) is 6.88. The van der Waals surface area contributed by atoms with Gasteiger partial charge in [-0.15, -0.1) is 0 Å². The number of benzene rings is 4. The Labute approximate surface area is 285 Å². The molecule has 0 amide bonds. The van der Waals surface area contributed by atoms with Crippen molar-refractivity contribution in [2.45, 2.75) is 19.6 Å². The van der Waals surface area contributed by atoms with Crippen LogP contribution in [-0.2, 0) is 16.1 Å². The topological polar surface area (TPSA) is 126 Å². The molecule has 49 heavy (non-hydrogen) atoms. The quantitative estimate of drug-likeness (QED) is 0.189. The smallest absolute Gasteiger partial charge is 0.338 e. The Bertz CT molecular complexity index is 2220. The maximum absolute atomic E-state index is 14.2. The normalized spacial score (nSPS) is 14.1. The third-order valence-electron chi connectivity index (χ3n) is 7.88. The summed E-state index contributed by atoms with van der Waals surface area (Å²) in [4.78, 5) is 44.4. The SMILES string of the molecule is CCOC(=O)C1=C(c2ccccc2)N=c2s/c(=C/c3ccc(OCc4ccc(C(=O)O)cc4)cc3)c(=O)n2[C@H]1c1ccc(OC)c(OC)c1. The van der Waals surface area contributed by atoms with E-state index in [0.717, 1.165) is 11.1 Å². The van der Waals surface area contributed by atoms with E-state index in [4.69, 9.17) is 29.0 Å². The van der Waals surface area contributed by atoms with Crippen LogP contribution in [0.1, 0.15) is 45.6 Å². The summed E-state index contributed by atoms with van der Waals surface area (Å²) in [7, 11) is 3.07. The first-order chi connectivity index (χ1) is 23.8. The lowest BCUT2D eigenvalue weighted by Gasteiger charge is -2.26. The monoisotopic (exact) mass is 676 g/mol. The molecule has 2 heterocycles. The van der Waals surface area contributed by atoms with Crippen molar-refractivity contribution in [3.63, 3.8) is 0 Å². The predicted octanol–water partition coefficient (Wildman–Crippen LogP) is 5.23. The molecule has 0 bridgehead atoms. The van der Waals surface area contributed by atoms with E-state index in [2.05, 4.69) is 0 Å². The van der Waals surface area contributed by atoms with Crippen molar-refractivity contribution in [3.05, 3.63) is 150 Å². The number of thiazole rings is 1. The number of rotatable bonds is 11. The summed E-state index contributed by atoms with van der Waals surface area (Å²) in [5.74, 6) is 0.00637. The van der Waals surface area contributed by atoms with E-state index in [1.807, 2.05) is 42.5 Å². The second-order valence-electron chi connectivity index (χ2n) is 10.9. The fourth-order valence-electron chi connectivity index (χ4n) is 5.50. The molecule has 0 radical (unpaired) electrons. The molecule has 1 aromatic heterocycles. The van der Waals surface area contributed by atoms with Crippen LogP contribution in [-0.4, -0.2) is 42.4 Å². The van der Waals surface area contributed by atoms with E-state index in [1.165, 1.54) is 42.3 Å². The van der Waals surface area contributed by atoms with Crippen LogP contribution in [0, 0.1) is 0 Å². The second-order valence-corrected chi connectivity index (χ2v) is 11.9. The van der Waals surface area contributed by atoms with Gasteiger partial charge in [-0.25, -0.2) is 14.6 Å². The average Bonchev–Trinajstić information content (AvgIpc) is 3.44. The predicted molar refractivity (Wildman–Crippen MR) is 185 cm³/mol. The van der Waals surface area contributed by atoms with Gasteiger partial charge < -0.3 is 24.1 Å². The Morgan fingerprint density at radius 2 is 1.63 bits per heavy atom. The molecule has 248 valence electrons. The van der Waals surface area contributed by atoms with Gasteiger partial charge in [-0.05, 0) is 66.1 Å². The van der Waals surface area contributed by atoms with Gasteiger partial charge in [-0.3, -0.25) is 9.36 Å². The number of carboxylic acid groups (broad SMARTS) is 1. The minimum atomic E-state index is -0.983. The summed E-state index contributed by atoms with van der Waals surface area (Å²) < 4.78 is 24.4. The molecule has 5 aromatic rings. The summed E-state index contributed by atoms with van der Waals surface area (Å²) >= 11 is 1.23. The summed E-state index contributed by atoms with van der Waals surface area (Å²) in [6.07, 6.45) is 1.78. The summed E-state index contributed by atoms with van der Waals surface area (Å²) in [6, 6.07) is 27.5. The average molecular weight is 677 g/mol. The van der Waals surface area contributed by atoms with Crippen LogP contribution in [0.3, 0.4) is 0 Å². The molecule has 6 rings (SSSR count). The number of ether oxygens (including phenoxy) is 4. The minimum absolute atomic E-state index is 0.143. The van der Waals surface area contributed by atoms with Crippen LogP contribution >= 0.6 is 11.3 Å². The van der Waals surface area contributed by atoms with Crippen LogP contribution in [0.4, 0.5) is 0 Å². The lowest BCUT2D eigenvalue weighted by molar-refractivity contribution is -0.138. The molecular formula is C38H32N2O8S.